The molecular formula is C14H17NO5S. The smallest absolute Gasteiger partial charge is 0.347 e. The second-order valence-electron chi connectivity index (χ2n) is 3.78. The predicted molar refractivity (Wildman–Crippen MR) is 78.0 cm³/mol. The summed E-state index contributed by atoms with van der Waals surface area (Å²) in [5.74, 6) is -1.70. The molecule has 6 nitrogen and oxygen atoms in total. The van der Waals surface area contributed by atoms with Crippen LogP contribution in [-0.4, -0.2) is 37.5 Å². The number of thiophene rings is 1. The fraction of sp³-hybridized carbons (Fsp3) is 0.357. The van der Waals surface area contributed by atoms with Gasteiger partial charge in [-0.15, -0.1) is 11.3 Å². The van der Waals surface area contributed by atoms with Gasteiger partial charge in [-0.05, 0) is 25.3 Å². The topological polar surface area (TPSA) is 81.7 Å². The van der Waals surface area contributed by atoms with Crippen LogP contribution < -0.4 is 5.32 Å². The largest absolute Gasteiger partial charge is 0.462 e. The molecule has 0 bridgehead atoms. The van der Waals surface area contributed by atoms with E-state index in [9.17, 15) is 14.4 Å². The lowest BCUT2D eigenvalue weighted by molar-refractivity contribution is -0.146. The molecule has 0 aliphatic rings. The molecule has 0 radical (unpaired) electrons. The number of esters is 2. The van der Waals surface area contributed by atoms with E-state index < -0.39 is 11.9 Å². The van der Waals surface area contributed by atoms with Crippen molar-refractivity contribution >= 4 is 29.1 Å². The fourth-order valence-electron chi connectivity index (χ4n) is 1.39. The standard InChI is InChI=1S/C14H17NO5S/c1-3-19-13(17)10(14(18)20-4-2)8-15-9-11(16)12-6-5-7-21-12/h5-8,15H,3-4,9H2,1-2H3. The highest BCUT2D eigenvalue weighted by atomic mass is 32.1. The normalized spacial score (nSPS) is 9.62. The second kappa shape index (κ2) is 8.91. The Balaban J connectivity index is 2.67. The van der Waals surface area contributed by atoms with E-state index in [0.717, 1.165) is 6.20 Å². The van der Waals surface area contributed by atoms with E-state index in [2.05, 4.69) is 5.32 Å². The Morgan fingerprint density at radius 2 is 1.81 bits per heavy atom. The summed E-state index contributed by atoms with van der Waals surface area (Å²) in [4.78, 5) is 35.7. The first kappa shape index (κ1) is 16.9. The third-order valence-corrected chi connectivity index (χ3v) is 3.21. The quantitative estimate of drug-likeness (QED) is 0.258. The van der Waals surface area contributed by atoms with Crippen LogP contribution in [0.25, 0.3) is 0 Å². The molecule has 1 aromatic heterocycles. The van der Waals surface area contributed by atoms with Gasteiger partial charge in [-0.25, -0.2) is 9.59 Å². The van der Waals surface area contributed by atoms with E-state index in [4.69, 9.17) is 9.47 Å². The maximum Gasteiger partial charge on any atom is 0.347 e. The average molecular weight is 311 g/mol. The lowest BCUT2D eigenvalue weighted by atomic mass is 10.3. The minimum absolute atomic E-state index is 0.0250. The Hall–Kier alpha value is -2.15. The molecule has 1 rings (SSSR count). The van der Waals surface area contributed by atoms with E-state index in [1.165, 1.54) is 11.3 Å². The van der Waals surface area contributed by atoms with Crippen molar-refractivity contribution < 1.29 is 23.9 Å². The summed E-state index contributed by atoms with van der Waals surface area (Å²) in [7, 11) is 0. The van der Waals surface area contributed by atoms with Gasteiger partial charge in [0.1, 0.15) is 0 Å². The summed E-state index contributed by atoms with van der Waals surface area (Å²) >= 11 is 1.33. The highest BCUT2D eigenvalue weighted by Crippen LogP contribution is 2.08. The summed E-state index contributed by atoms with van der Waals surface area (Å²) in [6.45, 7) is 3.53. The fourth-order valence-corrected chi connectivity index (χ4v) is 2.05. The number of rotatable bonds is 8. The first-order chi connectivity index (χ1) is 10.1. The van der Waals surface area contributed by atoms with Gasteiger partial charge >= 0.3 is 11.9 Å². The third-order valence-electron chi connectivity index (χ3n) is 2.30. The van der Waals surface area contributed by atoms with Crippen LogP contribution in [0.4, 0.5) is 0 Å². The van der Waals surface area contributed by atoms with Crippen molar-refractivity contribution in [2.75, 3.05) is 19.8 Å². The number of Topliss-reactive ketones (excluding diaryl/α,β-unsaturated/α-hetero) is 1. The lowest BCUT2D eigenvalue weighted by Crippen LogP contribution is -2.24. The molecule has 21 heavy (non-hydrogen) atoms. The van der Waals surface area contributed by atoms with Gasteiger partial charge in [-0.3, -0.25) is 4.79 Å². The highest BCUT2D eigenvalue weighted by Gasteiger charge is 2.21. The molecule has 114 valence electrons. The molecule has 0 fully saturated rings. The van der Waals surface area contributed by atoms with Crippen molar-refractivity contribution in [2.45, 2.75) is 13.8 Å². The molecule has 1 aromatic rings. The highest BCUT2D eigenvalue weighted by molar-refractivity contribution is 7.12. The van der Waals surface area contributed by atoms with Crippen molar-refractivity contribution in [3.05, 3.63) is 34.2 Å². The van der Waals surface area contributed by atoms with E-state index in [0.29, 0.717) is 4.88 Å². The van der Waals surface area contributed by atoms with Crippen LogP contribution in [-0.2, 0) is 19.1 Å². The van der Waals surface area contributed by atoms with Gasteiger partial charge in [0.05, 0.1) is 24.6 Å². The van der Waals surface area contributed by atoms with Gasteiger partial charge in [0, 0.05) is 6.20 Å². The minimum Gasteiger partial charge on any atom is -0.462 e. The van der Waals surface area contributed by atoms with Crippen molar-refractivity contribution in [3.8, 4) is 0 Å². The van der Waals surface area contributed by atoms with Crippen molar-refractivity contribution in [1.82, 2.24) is 5.32 Å². The summed E-state index contributed by atoms with van der Waals surface area (Å²) in [6.07, 6.45) is 1.15. The molecule has 0 saturated heterocycles. The maximum absolute atomic E-state index is 11.8. The average Bonchev–Trinajstić information content (AvgIpc) is 2.97. The van der Waals surface area contributed by atoms with Crippen LogP contribution >= 0.6 is 11.3 Å². The number of ether oxygens (including phenoxy) is 2. The Morgan fingerprint density at radius 3 is 2.29 bits per heavy atom. The molecule has 0 aliphatic heterocycles. The molecule has 0 aromatic carbocycles. The second-order valence-corrected chi connectivity index (χ2v) is 4.73. The van der Waals surface area contributed by atoms with Crippen molar-refractivity contribution in [2.24, 2.45) is 0 Å². The molecule has 1 N–H and O–H groups in total. The van der Waals surface area contributed by atoms with Gasteiger partial charge in [0.15, 0.2) is 11.4 Å². The molecular weight excluding hydrogens is 294 g/mol. The van der Waals surface area contributed by atoms with E-state index in [-0.39, 0.29) is 31.1 Å². The minimum atomic E-state index is -0.785. The van der Waals surface area contributed by atoms with E-state index in [1.54, 1.807) is 31.4 Å². The number of hydrogen-bond acceptors (Lipinski definition) is 7. The SMILES string of the molecule is CCOC(=O)C(=CNCC(=O)c1cccs1)C(=O)OCC. The number of carbonyl (C=O) groups excluding carboxylic acids is 3. The summed E-state index contributed by atoms with van der Waals surface area (Å²) in [6, 6.07) is 3.48. The van der Waals surface area contributed by atoms with Gasteiger partial charge in [0.2, 0.25) is 0 Å². The summed E-state index contributed by atoms with van der Waals surface area (Å²) < 4.78 is 9.54. The maximum atomic E-state index is 11.8. The third kappa shape index (κ3) is 5.39. The Morgan fingerprint density at radius 1 is 1.19 bits per heavy atom. The van der Waals surface area contributed by atoms with Crippen LogP contribution in [0.5, 0.6) is 0 Å². The first-order valence-corrected chi connectivity index (χ1v) is 7.32. The molecule has 0 saturated carbocycles. The van der Waals surface area contributed by atoms with E-state index in [1.807, 2.05) is 0 Å². The number of carbonyl (C=O) groups is 3. The number of hydrogen-bond donors (Lipinski definition) is 1. The van der Waals surface area contributed by atoms with Crippen LogP contribution in [0.2, 0.25) is 0 Å². The molecule has 0 spiro atoms. The van der Waals surface area contributed by atoms with E-state index >= 15 is 0 Å². The Labute approximate surface area is 126 Å². The van der Waals surface area contributed by atoms with Crippen molar-refractivity contribution in [3.63, 3.8) is 0 Å². The van der Waals surface area contributed by atoms with Gasteiger partial charge in [-0.2, -0.15) is 0 Å². The number of ketones is 1. The van der Waals surface area contributed by atoms with Crippen LogP contribution in [0.1, 0.15) is 23.5 Å². The molecule has 0 unspecified atom stereocenters. The Kier molecular flexibility index (Phi) is 7.17. The van der Waals surface area contributed by atoms with Gasteiger partial charge in [-0.1, -0.05) is 6.07 Å². The molecule has 7 heteroatoms. The molecule has 0 amide bonds. The van der Waals surface area contributed by atoms with Gasteiger partial charge < -0.3 is 14.8 Å². The molecule has 0 aliphatic carbocycles. The van der Waals surface area contributed by atoms with Crippen molar-refractivity contribution in [1.29, 1.82) is 0 Å². The predicted octanol–water partition coefficient (Wildman–Crippen LogP) is 1.53. The molecule has 0 atom stereocenters. The molecule has 1 heterocycles. The monoisotopic (exact) mass is 311 g/mol. The zero-order valence-electron chi connectivity index (χ0n) is 11.9. The van der Waals surface area contributed by atoms with Crippen LogP contribution in [0, 0.1) is 0 Å². The number of nitrogens with one attached hydrogen (secondary N) is 1. The van der Waals surface area contributed by atoms with Crippen LogP contribution in [0.15, 0.2) is 29.3 Å². The van der Waals surface area contributed by atoms with Gasteiger partial charge in [0.25, 0.3) is 0 Å². The lowest BCUT2D eigenvalue weighted by Gasteiger charge is -2.07. The summed E-state index contributed by atoms with van der Waals surface area (Å²) in [5, 5.41) is 4.44. The van der Waals surface area contributed by atoms with Crippen LogP contribution in [0.3, 0.4) is 0 Å². The zero-order chi connectivity index (χ0) is 15.7. The first-order valence-electron chi connectivity index (χ1n) is 6.44. The summed E-state index contributed by atoms with van der Waals surface area (Å²) in [5.41, 5.74) is -0.266. The zero-order valence-corrected chi connectivity index (χ0v) is 12.7. The Bertz CT molecular complexity index is 501.